The number of rotatable bonds is 17. The van der Waals surface area contributed by atoms with E-state index in [2.05, 4.69) is 0 Å². The van der Waals surface area contributed by atoms with E-state index in [0.717, 1.165) is 6.42 Å². The summed E-state index contributed by atoms with van der Waals surface area (Å²) in [5.41, 5.74) is -0.553. The van der Waals surface area contributed by atoms with Crippen LogP contribution in [0.5, 0.6) is 0 Å². The van der Waals surface area contributed by atoms with Gasteiger partial charge in [0.25, 0.3) is 0 Å². The molecule has 1 aliphatic heterocycles. The minimum Gasteiger partial charge on any atom is -0.394 e. The molecule has 0 saturated carbocycles. The fraction of sp³-hybridized carbons (Fsp3) is 0.963. The van der Waals surface area contributed by atoms with E-state index in [0.29, 0.717) is 6.42 Å². The lowest BCUT2D eigenvalue weighted by molar-refractivity contribution is -0.211. The minimum absolute atomic E-state index is 0.00731. The highest BCUT2D eigenvalue weighted by Crippen LogP contribution is 2.29. The molecular formula is C27H52O10. The average molecular weight is 537 g/mol. The van der Waals surface area contributed by atoms with Crippen LogP contribution in [0.1, 0.15) is 87.0 Å². The molecular weight excluding hydrogens is 484 g/mol. The topological polar surface area (TPSA) is 166 Å². The zero-order valence-electron chi connectivity index (χ0n) is 23.6. The highest BCUT2D eigenvalue weighted by molar-refractivity contribution is 5.84. The number of hydrogen-bond acceptors (Lipinski definition) is 10. The molecule has 1 heterocycles. The van der Waals surface area contributed by atoms with Crippen LogP contribution >= 0.6 is 0 Å². The monoisotopic (exact) mass is 536 g/mol. The van der Waals surface area contributed by atoms with Gasteiger partial charge in [-0.3, -0.25) is 4.79 Å². The zero-order valence-corrected chi connectivity index (χ0v) is 23.6. The molecule has 1 aliphatic rings. The van der Waals surface area contributed by atoms with Gasteiger partial charge in [0, 0.05) is 31.1 Å². The van der Waals surface area contributed by atoms with E-state index in [9.17, 15) is 35.4 Å². The fourth-order valence-corrected chi connectivity index (χ4v) is 4.25. The quantitative estimate of drug-likeness (QED) is 0.150. The summed E-state index contributed by atoms with van der Waals surface area (Å²) in [5, 5.41) is 61.3. The summed E-state index contributed by atoms with van der Waals surface area (Å²) >= 11 is 0. The van der Waals surface area contributed by atoms with Crippen molar-refractivity contribution < 1.29 is 49.6 Å². The molecule has 37 heavy (non-hydrogen) atoms. The van der Waals surface area contributed by atoms with Crippen molar-refractivity contribution in [1.82, 2.24) is 0 Å². The first-order chi connectivity index (χ1) is 17.1. The van der Waals surface area contributed by atoms with E-state index in [1.54, 1.807) is 20.8 Å². The molecule has 220 valence electrons. The normalized spacial score (nSPS) is 28.4. The highest BCUT2D eigenvalue weighted by Gasteiger charge is 2.44. The van der Waals surface area contributed by atoms with Gasteiger partial charge in [0.2, 0.25) is 0 Å². The van der Waals surface area contributed by atoms with E-state index in [-0.39, 0.29) is 43.3 Å². The third kappa shape index (κ3) is 11.1. The van der Waals surface area contributed by atoms with Crippen LogP contribution in [0, 0.1) is 17.3 Å². The molecule has 11 atom stereocenters. The molecule has 10 heteroatoms. The molecule has 0 aliphatic carbocycles. The van der Waals surface area contributed by atoms with Gasteiger partial charge in [-0.25, -0.2) is 0 Å². The Hall–Kier alpha value is -0.690. The summed E-state index contributed by atoms with van der Waals surface area (Å²) in [5.74, 6) is -0.0735. The van der Waals surface area contributed by atoms with E-state index in [1.165, 1.54) is 0 Å². The Kier molecular flexibility index (Phi) is 14.7. The fourth-order valence-electron chi connectivity index (χ4n) is 4.25. The van der Waals surface area contributed by atoms with E-state index in [4.69, 9.17) is 14.2 Å². The second kappa shape index (κ2) is 15.8. The minimum atomic E-state index is -1.33. The molecule has 0 spiro atoms. The predicted molar refractivity (Wildman–Crippen MR) is 137 cm³/mol. The van der Waals surface area contributed by atoms with Crippen molar-refractivity contribution >= 4 is 5.78 Å². The third-order valence-corrected chi connectivity index (χ3v) is 7.44. The van der Waals surface area contributed by atoms with Gasteiger partial charge in [-0.05, 0) is 11.8 Å². The van der Waals surface area contributed by atoms with Crippen LogP contribution in [0.25, 0.3) is 0 Å². The van der Waals surface area contributed by atoms with Crippen LogP contribution in [0.3, 0.4) is 0 Å². The number of ether oxygens (including phenoxy) is 3. The number of ketones is 1. The molecule has 10 nitrogen and oxygen atoms in total. The number of hydrogen-bond donors (Lipinski definition) is 6. The number of aliphatic hydroxyl groups excluding tert-OH is 6. The first-order valence-corrected chi connectivity index (χ1v) is 13.6. The summed E-state index contributed by atoms with van der Waals surface area (Å²) < 4.78 is 17.1. The van der Waals surface area contributed by atoms with Crippen molar-refractivity contribution in [3.05, 3.63) is 0 Å². The molecule has 3 unspecified atom stereocenters. The maximum absolute atomic E-state index is 12.3. The average Bonchev–Trinajstić information content (AvgIpc) is 3.09. The van der Waals surface area contributed by atoms with Crippen LogP contribution in [-0.2, 0) is 19.0 Å². The molecule has 1 saturated heterocycles. The second-order valence-corrected chi connectivity index (χ2v) is 11.7. The summed E-state index contributed by atoms with van der Waals surface area (Å²) in [6.45, 7) is 12.7. The number of aliphatic hydroxyl groups is 6. The Labute approximate surface area is 221 Å². The summed E-state index contributed by atoms with van der Waals surface area (Å²) in [4.78, 5) is 12.3. The zero-order chi connectivity index (χ0) is 28.5. The van der Waals surface area contributed by atoms with Crippen LogP contribution in [-0.4, -0.2) is 98.3 Å². The highest BCUT2D eigenvalue weighted by atomic mass is 16.7. The van der Waals surface area contributed by atoms with Crippen molar-refractivity contribution in [2.75, 3.05) is 6.61 Å². The molecule has 1 fully saturated rings. The molecule has 0 amide bonds. The number of Topliss-reactive ketones (excluding diaryl/α,β-unsaturated/α-hetero) is 1. The molecule has 0 aromatic heterocycles. The Morgan fingerprint density at radius 3 is 1.92 bits per heavy atom. The third-order valence-electron chi connectivity index (χ3n) is 7.44. The lowest BCUT2D eigenvalue weighted by Gasteiger charge is -2.31. The maximum atomic E-state index is 12.3. The summed E-state index contributed by atoms with van der Waals surface area (Å²) in [7, 11) is 0. The SMILES string of the molecule is CC[C@@H](C)[C@H](CC(O)CC(=O)C(C)(C)C)OC(O)C[C@@H](O)C[C@H](O[C@@H]1O[C@@H](CO)[C@H](O)C1O)[C@H](C)CC. The van der Waals surface area contributed by atoms with Crippen LogP contribution in [0.4, 0.5) is 0 Å². The lowest BCUT2D eigenvalue weighted by atomic mass is 9.86. The second-order valence-electron chi connectivity index (χ2n) is 11.7. The molecule has 1 rings (SSSR count). The molecule has 0 bridgehead atoms. The van der Waals surface area contributed by atoms with Gasteiger partial charge in [-0.1, -0.05) is 61.3 Å². The largest absolute Gasteiger partial charge is 0.394 e. The smallest absolute Gasteiger partial charge is 0.186 e. The van der Waals surface area contributed by atoms with E-state index in [1.807, 2.05) is 27.7 Å². The van der Waals surface area contributed by atoms with Gasteiger partial charge in [-0.15, -0.1) is 0 Å². The Balaban J connectivity index is 2.73. The molecule has 0 aromatic rings. The molecule has 6 N–H and O–H groups in total. The molecule has 0 aromatic carbocycles. The first-order valence-electron chi connectivity index (χ1n) is 13.6. The summed E-state index contributed by atoms with van der Waals surface area (Å²) in [6, 6.07) is 0. The van der Waals surface area contributed by atoms with Crippen molar-refractivity contribution in [3.63, 3.8) is 0 Å². The standard InChI is InChI=1S/C27H52O10/c1-8-15(3)19(10-17(29)12-22(31)27(5,6)7)35-23(32)13-18(30)11-20(16(4)9-2)36-26-25(34)24(33)21(14-28)37-26/h15-21,23-26,28-30,32-34H,8-14H2,1-7H3/t15-,16-,17?,18+,19+,20+,21+,23?,24+,25?,26-/m1/s1. The van der Waals surface area contributed by atoms with Gasteiger partial charge in [0.05, 0.1) is 31.0 Å². The van der Waals surface area contributed by atoms with Gasteiger partial charge in [-0.2, -0.15) is 0 Å². The predicted octanol–water partition coefficient (Wildman–Crippen LogP) is 1.50. The van der Waals surface area contributed by atoms with E-state index < -0.39 is 67.3 Å². The van der Waals surface area contributed by atoms with Crippen LogP contribution in [0.2, 0.25) is 0 Å². The number of carbonyl (C=O) groups excluding carboxylic acids is 1. The Morgan fingerprint density at radius 2 is 1.43 bits per heavy atom. The van der Waals surface area contributed by atoms with Crippen LogP contribution < -0.4 is 0 Å². The summed E-state index contributed by atoms with van der Waals surface area (Å²) in [6.07, 6.45) is -7.29. The van der Waals surface area contributed by atoms with E-state index >= 15 is 0 Å². The first kappa shape index (κ1) is 34.3. The van der Waals surface area contributed by atoms with Crippen molar-refractivity contribution in [3.8, 4) is 0 Å². The van der Waals surface area contributed by atoms with Crippen molar-refractivity contribution in [2.24, 2.45) is 17.3 Å². The Morgan fingerprint density at radius 1 is 0.892 bits per heavy atom. The van der Waals surface area contributed by atoms with Gasteiger partial charge in [0.15, 0.2) is 12.6 Å². The van der Waals surface area contributed by atoms with Crippen molar-refractivity contribution in [2.45, 2.75) is 142 Å². The lowest BCUT2D eigenvalue weighted by Crippen LogP contribution is -2.39. The van der Waals surface area contributed by atoms with Gasteiger partial charge in [0.1, 0.15) is 24.1 Å². The molecule has 0 radical (unpaired) electrons. The maximum Gasteiger partial charge on any atom is 0.186 e. The van der Waals surface area contributed by atoms with Crippen LogP contribution in [0.15, 0.2) is 0 Å². The van der Waals surface area contributed by atoms with Gasteiger partial charge < -0.3 is 44.8 Å². The van der Waals surface area contributed by atoms with Crippen molar-refractivity contribution in [1.29, 1.82) is 0 Å². The Bertz CT molecular complexity index is 654. The number of carbonyl (C=O) groups is 1. The van der Waals surface area contributed by atoms with Gasteiger partial charge >= 0.3 is 0 Å².